The number of nitrogens with two attached hydrogens (primary N) is 2. The number of carbonyl (C=O) groups is 1. The number of rotatable bonds is 5. The molecule has 1 aliphatic heterocycles. The number of ether oxygens (including phenoxy) is 1. The molecule has 0 aliphatic carbocycles. The quantitative estimate of drug-likeness (QED) is 0.486. The second-order valence-corrected chi connectivity index (χ2v) is 8.90. The highest BCUT2D eigenvalue weighted by Crippen LogP contribution is 2.21. The van der Waals surface area contributed by atoms with Crippen LogP contribution in [0.3, 0.4) is 0 Å². The van der Waals surface area contributed by atoms with Crippen LogP contribution in [0.2, 0.25) is 5.02 Å². The van der Waals surface area contributed by atoms with E-state index in [1.165, 1.54) is 36.3 Å². The number of hydrogen-bond donors (Lipinski definition) is 2. The molecule has 1 amide bonds. The molecule has 0 spiro atoms. The largest absolute Gasteiger partial charge is 0.768 e. The maximum absolute atomic E-state index is 12.6. The third kappa shape index (κ3) is 9.74. The molecule has 2 aromatic carbocycles. The zero-order valence-corrected chi connectivity index (χ0v) is 19.9. The van der Waals surface area contributed by atoms with E-state index in [0.29, 0.717) is 15.8 Å². The lowest BCUT2D eigenvalue weighted by Crippen LogP contribution is -2.19. The van der Waals surface area contributed by atoms with Crippen LogP contribution < -0.4 is 21.1 Å². The summed E-state index contributed by atoms with van der Waals surface area (Å²) in [5, 5.41) is 2.42. The highest BCUT2D eigenvalue weighted by atomic mass is 35.5. The van der Waals surface area contributed by atoms with Gasteiger partial charge in [-0.15, -0.1) is 11.3 Å². The molecule has 1 aromatic heterocycles. The Morgan fingerprint density at radius 3 is 2.39 bits per heavy atom. The maximum atomic E-state index is 12.6. The second-order valence-electron chi connectivity index (χ2n) is 6.62. The molecule has 1 fully saturated rings. The Kier molecular flexibility index (Phi) is 11.0. The number of amides is 1. The molecule has 3 aromatic rings. The average Bonchev–Trinajstić information content (AvgIpc) is 3.50. The Balaban J connectivity index is 0.000000514. The number of primary amides is 1. The zero-order valence-electron chi connectivity index (χ0n) is 17.5. The third-order valence-electron chi connectivity index (χ3n) is 4.22. The molecule has 182 valence electrons. The number of nitrogen functional groups attached to an aromatic ring is 1. The summed E-state index contributed by atoms with van der Waals surface area (Å²) in [6.07, 6.45) is 4.14. The van der Waals surface area contributed by atoms with Gasteiger partial charge in [-0.1, -0.05) is 11.6 Å². The van der Waals surface area contributed by atoms with Crippen molar-refractivity contribution >= 4 is 50.7 Å². The predicted octanol–water partition coefficient (Wildman–Crippen LogP) is 4.09. The molecule has 1 atom stereocenters. The van der Waals surface area contributed by atoms with E-state index in [-0.39, 0.29) is 14.5 Å². The lowest BCUT2D eigenvalue weighted by atomic mass is 10.3. The number of halogens is 2. The van der Waals surface area contributed by atoms with E-state index in [1.807, 2.05) is 17.5 Å². The van der Waals surface area contributed by atoms with Crippen LogP contribution >= 0.6 is 22.9 Å². The van der Waals surface area contributed by atoms with Crippen molar-refractivity contribution < 1.29 is 25.5 Å². The van der Waals surface area contributed by atoms with Gasteiger partial charge in [0.2, 0.25) is 0 Å². The fraction of sp³-hybridized carbons (Fsp3) is 0.238. The first kappa shape index (κ1) is 26.5. The molecular weight excluding hydrogens is 491 g/mol. The molecule has 0 saturated carbocycles. The smallest absolute Gasteiger partial charge is 0.255 e. The van der Waals surface area contributed by atoms with Crippen molar-refractivity contribution in [2.24, 2.45) is 5.73 Å². The molecule has 0 radical (unpaired) electrons. The van der Waals surface area contributed by atoms with Gasteiger partial charge in [0.1, 0.15) is 11.6 Å². The van der Waals surface area contributed by atoms with Crippen molar-refractivity contribution in [2.75, 3.05) is 30.3 Å². The molecule has 8 nitrogen and oxygen atoms in total. The van der Waals surface area contributed by atoms with Gasteiger partial charge in [0, 0.05) is 44.2 Å². The van der Waals surface area contributed by atoms with E-state index in [0.717, 1.165) is 24.8 Å². The predicted molar refractivity (Wildman–Crippen MR) is 132 cm³/mol. The fourth-order valence-electron chi connectivity index (χ4n) is 2.70. The van der Waals surface area contributed by atoms with Crippen LogP contribution in [0.5, 0.6) is 5.75 Å². The molecule has 4 rings (SSSR count). The van der Waals surface area contributed by atoms with Crippen LogP contribution in [-0.4, -0.2) is 39.3 Å². The molecular formula is C21H27ClFN4O4S2-. The van der Waals surface area contributed by atoms with Crippen LogP contribution in [0.15, 0.2) is 58.9 Å². The monoisotopic (exact) mass is 517 g/mol. The summed E-state index contributed by atoms with van der Waals surface area (Å²) in [4.78, 5) is 16.7. The molecule has 1 saturated heterocycles. The lowest BCUT2D eigenvalue weighted by Gasteiger charge is -2.17. The number of nitrogens with zero attached hydrogens (tertiary/aromatic N) is 2. The fourth-order valence-corrected chi connectivity index (χ4v) is 3.61. The van der Waals surface area contributed by atoms with Crippen LogP contribution in [0.25, 0.3) is 0 Å². The van der Waals surface area contributed by atoms with Gasteiger partial charge in [-0.05, 0) is 60.3 Å². The minimum absolute atomic E-state index is 0. The van der Waals surface area contributed by atoms with Gasteiger partial charge >= 0.3 is 0 Å². The maximum Gasteiger partial charge on any atom is 0.255 e. The summed E-state index contributed by atoms with van der Waals surface area (Å²) >= 11 is 4.80. The van der Waals surface area contributed by atoms with Crippen LogP contribution in [0.1, 0.15) is 15.7 Å². The third-order valence-corrected chi connectivity index (χ3v) is 5.78. The molecule has 12 heteroatoms. The van der Waals surface area contributed by atoms with E-state index >= 15 is 0 Å². The number of carbonyl (C=O) groups excluding carboxylic acids is 1. The van der Waals surface area contributed by atoms with Crippen molar-refractivity contribution in [3.8, 4) is 5.75 Å². The highest BCUT2D eigenvalue weighted by Gasteiger charge is 2.11. The van der Waals surface area contributed by atoms with Crippen LogP contribution in [-0.2, 0) is 15.9 Å². The van der Waals surface area contributed by atoms with E-state index < -0.39 is 22.8 Å². The van der Waals surface area contributed by atoms with E-state index in [1.54, 1.807) is 18.3 Å². The van der Waals surface area contributed by atoms with E-state index in [9.17, 15) is 17.9 Å². The zero-order chi connectivity index (χ0) is 24.2. The normalized spacial score (nSPS) is 13.2. The molecule has 2 heterocycles. The van der Waals surface area contributed by atoms with E-state index in [2.05, 4.69) is 9.88 Å². The van der Waals surface area contributed by atoms with Crippen molar-refractivity contribution in [3.05, 3.63) is 64.9 Å². The Bertz CT molecular complexity index is 1040. The molecule has 1 unspecified atom stereocenters. The van der Waals surface area contributed by atoms with Gasteiger partial charge in [-0.25, -0.2) is 9.37 Å². The first-order valence-electron chi connectivity index (χ1n) is 9.71. The minimum Gasteiger partial charge on any atom is -0.768 e. The van der Waals surface area contributed by atoms with Crippen LogP contribution in [0, 0.1) is 5.82 Å². The highest BCUT2D eigenvalue weighted by molar-refractivity contribution is 7.79. The Morgan fingerprint density at radius 2 is 1.94 bits per heavy atom. The van der Waals surface area contributed by atoms with Gasteiger partial charge in [0.05, 0.1) is 5.02 Å². The molecule has 4 N–H and O–H groups in total. The first-order chi connectivity index (χ1) is 15.8. The summed E-state index contributed by atoms with van der Waals surface area (Å²) in [5.41, 5.74) is 11.1. The molecule has 1 aliphatic rings. The lowest BCUT2D eigenvalue weighted by molar-refractivity contribution is -0.119. The van der Waals surface area contributed by atoms with Crippen molar-refractivity contribution in [1.29, 1.82) is 0 Å². The minimum atomic E-state index is -2.11. The van der Waals surface area contributed by atoms with Crippen molar-refractivity contribution in [3.63, 3.8) is 0 Å². The van der Waals surface area contributed by atoms with Crippen LogP contribution in [0.4, 0.5) is 15.2 Å². The topological polar surface area (TPSA) is 135 Å². The van der Waals surface area contributed by atoms with Crippen molar-refractivity contribution in [1.82, 2.24) is 4.98 Å². The standard InChI is InChI=1S/C10H13NO2S.C8H7ClFNO2.C3H4N2S.2H2/c12-14(13)10-5-3-9(4-6-10)11-7-1-2-8-11;9-6-3-5(1-2-7(6)10)13-4-8(11)12;4-3-5-1-2-6-3;;/h3-6H,1-2,7-8H2,(H,12,13);1-3H,4H2,(H2,11,12);1-2H,(H2,4,5);2*1H/p-1. The Hall–Kier alpha value is -2.73. The number of anilines is 2. The summed E-state index contributed by atoms with van der Waals surface area (Å²) in [7, 11) is 0. The number of benzene rings is 2. The van der Waals surface area contributed by atoms with E-state index in [4.69, 9.17) is 27.8 Å². The van der Waals surface area contributed by atoms with Gasteiger partial charge < -0.3 is 25.7 Å². The summed E-state index contributed by atoms with van der Waals surface area (Å²) in [6.45, 7) is 1.92. The summed E-state index contributed by atoms with van der Waals surface area (Å²) < 4.78 is 38.7. The summed E-state index contributed by atoms with van der Waals surface area (Å²) in [6, 6.07) is 10.8. The summed E-state index contributed by atoms with van der Waals surface area (Å²) in [5.74, 6) is -0.821. The number of thiazole rings is 1. The number of hydrogen-bond acceptors (Lipinski definition) is 8. The average molecular weight is 518 g/mol. The Morgan fingerprint density at radius 1 is 1.27 bits per heavy atom. The second kappa shape index (κ2) is 13.7. The molecule has 33 heavy (non-hydrogen) atoms. The van der Waals surface area contributed by atoms with Gasteiger partial charge in [0.25, 0.3) is 5.91 Å². The van der Waals surface area contributed by atoms with Crippen molar-refractivity contribution in [2.45, 2.75) is 17.7 Å². The molecule has 0 bridgehead atoms. The SMILES string of the molecule is NC(=O)COc1ccc(F)c(Cl)c1.Nc1nccs1.O=S([O-])c1ccc(N2CCCC2)cc1.[HH].[HH]. The Labute approximate surface area is 205 Å². The van der Waals surface area contributed by atoms with Gasteiger partial charge in [-0.3, -0.25) is 9.00 Å². The van der Waals surface area contributed by atoms with Gasteiger partial charge in [-0.2, -0.15) is 0 Å². The van der Waals surface area contributed by atoms with Gasteiger partial charge in [0.15, 0.2) is 11.7 Å². The first-order valence-corrected chi connectivity index (χ1v) is 12.0. The number of aromatic nitrogens is 1.